The van der Waals surface area contributed by atoms with Gasteiger partial charge in [-0.15, -0.1) is 12.4 Å². The van der Waals surface area contributed by atoms with Gasteiger partial charge in [-0.05, 0) is 12.8 Å². The number of rotatable bonds is 3. The maximum absolute atomic E-state index is 8.95. The van der Waals surface area contributed by atoms with Crippen LogP contribution in [0.25, 0.3) is 0 Å². The molecule has 0 radical (unpaired) electrons. The van der Waals surface area contributed by atoms with Crippen molar-refractivity contribution in [3.05, 3.63) is 0 Å². The van der Waals surface area contributed by atoms with Gasteiger partial charge in [0.15, 0.2) is 0 Å². The summed E-state index contributed by atoms with van der Waals surface area (Å²) in [6.07, 6.45) is 1.80. The van der Waals surface area contributed by atoms with Gasteiger partial charge in [0.2, 0.25) is 0 Å². The molecule has 3 nitrogen and oxygen atoms in total. The third-order valence-corrected chi connectivity index (χ3v) is 2.18. The zero-order valence-corrected chi connectivity index (χ0v) is 7.56. The quantitative estimate of drug-likeness (QED) is 0.652. The lowest BCUT2D eigenvalue weighted by Crippen LogP contribution is -2.50. The number of ether oxygens (including phenoxy) is 1. The molecule has 0 aromatic heterocycles. The Morgan fingerprint density at radius 3 is 2.45 bits per heavy atom. The Balaban J connectivity index is 0.000001000. The second kappa shape index (κ2) is 4.26. The Morgan fingerprint density at radius 2 is 2.18 bits per heavy atom. The summed E-state index contributed by atoms with van der Waals surface area (Å²) < 4.78 is 4.97. The topological polar surface area (TPSA) is 55.5 Å². The number of halogens is 1. The lowest BCUT2D eigenvalue weighted by atomic mass is 9.67. The van der Waals surface area contributed by atoms with Gasteiger partial charge in [0.25, 0.3) is 0 Å². The Labute approximate surface area is 73.3 Å². The van der Waals surface area contributed by atoms with Crippen LogP contribution in [0.2, 0.25) is 0 Å². The number of aliphatic hydroxyl groups excluding tert-OH is 1. The largest absolute Gasteiger partial charge is 0.396 e. The summed E-state index contributed by atoms with van der Waals surface area (Å²) in [5, 5.41) is 8.95. The first kappa shape index (κ1) is 11.2. The zero-order chi connectivity index (χ0) is 7.61. The second-order valence-electron chi connectivity index (χ2n) is 3.26. The fraction of sp³-hybridized carbons (Fsp3) is 1.00. The van der Waals surface area contributed by atoms with Gasteiger partial charge in [0, 0.05) is 18.6 Å². The van der Waals surface area contributed by atoms with E-state index < -0.39 is 0 Å². The van der Waals surface area contributed by atoms with Crippen LogP contribution in [-0.2, 0) is 4.74 Å². The minimum absolute atomic E-state index is 0. The maximum atomic E-state index is 8.95. The van der Waals surface area contributed by atoms with Crippen molar-refractivity contribution in [3.63, 3.8) is 0 Å². The molecule has 0 aliphatic heterocycles. The number of methoxy groups -OCH3 is 1. The summed E-state index contributed by atoms with van der Waals surface area (Å²) in [4.78, 5) is 0. The van der Waals surface area contributed by atoms with E-state index in [2.05, 4.69) is 0 Å². The van der Waals surface area contributed by atoms with Gasteiger partial charge in [-0.3, -0.25) is 0 Å². The molecule has 4 heteroatoms. The molecular formula is C7H16ClNO2. The van der Waals surface area contributed by atoms with E-state index in [1.165, 1.54) is 0 Å². The van der Waals surface area contributed by atoms with E-state index in [0.29, 0.717) is 6.61 Å². The van der Waals surface area contributed by atoms with E-state index in [4.69, 9.17) is 15.6 Å². The van der Waals surface area contributed by atoms with E-state index in [1.54, 1.807) is 7.11 Å². The fourth-order valence-electron chi connectivity index (χ4n) is 1.65. The van der Waals surface area contributed by atoms with Crippen molar-refractivity contribution >= 4 is 12.4 Å². The summed E-state index contributed by atoms with van der Waals surface area (Å²) in [6, 6.07) is 0.280. The highest BCUT2D eigenvalue weighted by Gasteiger charge is 2.41. The summed E-state index contributed by atoms with van der Waals surface area (Å²) >= 11 is 0. The fourth-order valence-corrected chi connectivity index (χ4v) is 1.65. The average Bonchev–Trinajstić information content (AvgIpc) is 1.84. The van der Waals surface area contributed by atoms with Crippen molar-refractivity contribution < 1.29 is 9.84 Å². The van der Waals surface area contributed by atoms with Crippen molar-refractivity contribution in [1.29, 1.82) is 0 Å². The van der Waals surface area contributed by atoms with Crippen molar-refractivity contribution in [1.82, 2.24) is 0 Å². The molecule has 0 spiro atoms. The van der Waals surface area contributed by atoms with Crippen LogP contribution in [0, 0.1) is 5.41 Å². The van der Waals surface area contributed by atoms with Crippen LogP contribution in [0.4, 0.5) is 0 Å². The molecule has 1 fully saturated rings. The monoisotopic (exact) mass is 181 g/mol. The molecule has 0 aromatic carbocycles. The molecule has 0 aromatic rings. The maximum Gasteiger partial charge on any atom is 0.0541 e. The number of nitrogens with two attached hydrogens (primary N) is 1. The number of hydrogen-bond acceptors (Lipinski definition) is 3. The minimum Gasteiger partial charge on any atom is -0.396 e. The molecule has 0 bridgehead atoms. The first-order valence-corrected chi connectivity index (χ1v) is 3.58. The van der Waals surface area contributed by atoms with Crippen molar-refractivity contribution in [3.8, 4) is 0 Å². The normalized spacial score (nSPS) is 35.7. The number of aliphatic hydroxyl groups is 1. The molecule has 0 heterocycles. The smallest absolute Gasteiger partial charge is 0.0541 e. The molecule has 3 N–H and O–H groups in total. The van der Waals surface area contributed by atoms with E-state index >= 15 is 0 Å². The third-order valence-electron chi connectivity index (χ3n) is 2.18. The summed E-state index contributed by atoms with van der Waals surface area (Å²) in [6.45, 7) is 0.839. The Kier molecular flexibility index (Phi) is 4.32. The van der Waals surface area contributed by atoms with E-state index in [9.17, 15) is 0 Å². The van der Waals surface area contributed by atoms with Crippen LogP contribution < -0.4 is 5.73 Å². The SMILES string of the molecule is COCC1(CO)CC(N)C1.Cl. The van der Waals surface area contributed by atoms with Crippen molar-refractivity contribution in [2.75, 3.05) is 20.3 Å². The van der Waals surface area contributed by atoms with Gasteiger partial charge in [0.05, 0.1) is 13.2 Å². The highest BCUT2D eigenvalue weighted by molar-refractivity contribution is 5.85. The van der Waals surface area contributed by atoms with Gasteiger partial charge in [-0.2, -0.15) is 0 Å². The molecule has 1 aliphatic carbocycles. The van der Waals surface area contributed by atoms with E-state index in [-0.39, 0.29) is 30.5 Å². The highest BCUT2D eigenvalue weighted by Crippen LogP contribution is 2.39. The summed E-state index contributed by atoms with van der Waals surface area (Å²) in [7, 11) is 1.65. The van der Waals surface area contributed by atoms with Crippen molar-refractivity contribution in [2.45, 2.75) is 18.9 Å². The van der Waals surface area contributed by atoms with Gasteiger partial charge < -0.3 is 15.6 Å². The highest BCUT2D eigenvalue weighted by atomic mass is 35.5. The number of hydrogen-bond donors (Lipinski definition) is 2. The molecule has 0 atom stereocenters. The minimum atomic E-state index is -0.00579. The van der Waals surface area contributed by atoms with Gasteiger partial charge in [-0.25, -0.2) is 0 Å². The summed E-state index contributed by atoms with van der Waals surface area (Å²) in [5.74, 6) is 0. The molecule has 0 amide bonds. The summed E-state index contributed by atoms with van der Waals surface area (Å²) in [5.41, 5.74) is 5.59. The predicted molar refractivity (Wildman–Crippen MR) is 45.9 cm³/mol. The molecule has 11 heavy (non-hydrogen) atoms. The molecule has 1 aliphatic rings. The first-order chi connectivity index (χ1) is 4.72. The third kappa shape index (κ3) is 2.30. The average molecular weight is 182 g/mol. The molecule has 1 saturated carbocycles. The van der Waals surface area contributed by atoms with E-state index in [1.807, 2.05) is 0 Å². The Bertz CT molecular complexity index is 109. The predicted octanol–water partition coefficient (Wildman–Crippen LogP) is 0.154. The van der Waals surface area contributed by atoms with Gasteiger partial charge in [0.1, 0.15) is 0 Å². The molecule has 0 saturated heterocycles. The van der Waals surface area contributed by atoms with Crippen molar-refractivity contribution in [2.24, 2.45) is 11.1 Å². The van der Waals surface area contributed by atoms with Crippen LogP contribution in [-0.4, -0.2) is 31.5 Å². The van der Waals surface area contributed by atoms with Crippen LogP contribution in [0.1, 0.15) is 12.8 Å². The van der Waals surface area contributed by atoms with Crippen LogP contribution >= 0.6 is 12.4 Å². The second-order valence-corrected chi connectivity index (χ2v) is 3.26. The Hall–Kier alpha value is 0.170. The molecular weight excluding hydrogens is 166 g/mol. The first-order valence-electron chi connectivity index (χ1n) is 3.58. The van der Waals surface area contributed by atoms with Gasteiger partial charge >= 0.3 is 0 Å². The zero-order valence-electron chi connectivity index (χ0n) is 6.75. The molecule has 0 unspecified atom stereocenters. The van der Waals surface area contributed by atoms with Crippen LogP contribution in [0.5, 0.6) is 0 Å². The standard InChI is InChI=1S/C7H15NO2.ClH/c1-10-5-7(4-9)2-6(8)3-7;/h6,9H,2-5,8H2,1H3;1H. The van der Waals surface area contributed by atoms with Crippen LogP contribution in [0.15, 0.2) is 0 Å². The van der Waals surface area contributed by atoms with E-state index in [0.717, 1.165) is 12.8 Å². The van der Waals surface area contributed by atoms with Gasteiger partial charge in [-0.1, -0.05) is 0 Å². The Morgan fingerprint density at radius 1 is 1.64 bits per heavy atom. The van der Waals surface area contributed by atoms with Crippen LogP contribution in [0.3, 0.4) is 0 Å². The molecule has 68 valence electrons. The molecule has 1 rings (SSSR count). The lowest BCUT2D eigenvalue weighted by Gasteiger charge is -2.44. The lowest BCUT2D eigenvalue weighted by molar-refractivity contribution is -0.0378.